The fraction of sp³-hybridized carbons (Fsp3) is 0.300. The van der Waals surface area contributed by atoms with Crippen molar-refractivity contribution >= 4 is 17.8 Å². The lowest BCUT2D eigenvalue weighted by molar-refractivity contribution is -0.151. The SMILES string of the molecule is COC(=O)[C@@](C)(NC(=O)[C@H](C)NC(=O)Cc1cc(F)cc(F)c1)c1ccncc1. The van der Waals surface area contributed by atoms with E-state index in [0.29, 0.717) is 11.6 Å². The zero-order valence-corrected chi connectivity index (χ0v) is 16.2. The normalized spacial score (nSPS) is 13.7. The zero-order valence-electron chi connectivity index (χ0n) is 16.2. The predicted octanol–water partition coefficient (Wildman–Crippen LogP) is 1.61. The number of halogens is 2. The van der Waals surface area contributed by atoms with E-state index in [1.807, 2.05) is 0 Å². The van der Waals surface area contributed by atoms with Crippen LogP contribution in [-0.4, -0.2) is 35.9 Å². The number of nitrogens with zero attached hydrogens (tertiary/aromatic N) is 1. The summed E-state index contributed by atoms with van der Waals surface area (Å²) >= 11 is 0. The maximum Gasteiger partial charge on any atom is 0.336 e. The van der Waals surface area contributed by atoms with Gasteiger partial charge in [0.15, 0.2) is 5.54 Å². The molecule has 2 rings (SSSR count). The van der Waals surface area contributed by atoms with Gasteiger partial charge in [0, 0.05) is 18.5 Å². The number of nitrogens with one attached hydrogen (secondary N) is 2. The zero-order chi connectivity index (χ0) is 21.6. The van der Waals surface area contributed by atoms with Crippen LogP contribution < -0.4 is 10.6 Å². The Morgan fingerprint density at radius 2 is 1.72 bits per heavy atom. The number of pyridine rings is 1. The van der Waals surface area contributed by atoms with Crippen molar-refractivity contribution in [3.05, 3.63) is 65.5 Å². The van der Waals surface area contributed by atoms with E-state index in [1.165, 1.54) is 33.4 Å². The number of ether oxygens (including phenoxy) is 1. The number of carbonyl (C=O) groups excluding carboxylic acids is 3. The number of hydrogen-bond acceptors (Lipinski definition) is 5. The van der Waals surface area contributed by atoms with Gasteiger partial charge >= 0.3 is 5.97 Å². The van der Waals surface area contributed by atoms with Gasteiger partial charge in [0.25, 0.3) is 0 Å². The Morgan fingerprint density at radius 3 is 2.28 bits per heavy atom. The molecule has 0 radical (unpaired) electrons. The molecule has 0 aliphatic heterocycles. The molecule has 1 aromatic carbocycles. The highest BCUT2D eigenvalue weighted by molar-refractivity contribution is 5.93. The molecule has 7 nitrogen and oxygen atoms in total. The molecule has 1 heterocycles. The summed E-state index contributed by atoms with van der Waals surface area (Å²) in [5.74, 6) is -3.56. The first kappa shape index (κ1) is 21.9. The van der Waals surface area contributed by atoms with E-state index in [0.717, 1.165) is 12.1 Å². The average Bonchev–Trinajstić information content (AvgIpc) is 2.66. The lowest BCUT2D eigenvalue weighted by Crippen LogP contribution is -2.55. The van der Waals surface area contributed by atoms with Crippen LogP contribution in [-0.2, 0) is 31.1 Å². The minimum Gasteiger partial charge on any atom is -0.467 e. The topological polar surface area (TPSA) is 97.4 Å². The van der Waals surface area contributed by atoms with Crippen molar-refractivity contribution in [3.63, 3.8) is 0 Å². The van der Waals surface area contributed by atoms with E-state index in [9.17, 15) is 23.2 Å². The third-order valence-electron chi connectivity index (χ3n) is 4.28. The molecule has 0 bridgehead atoms. The molecule has 2 aromatic rings. The van der Waals surface area contributed by atoms with Gasteiger partial charge in [-0.15, -0.1) is 0 Å². The van der Waals surface area contributed by atoms with Gasteiger partial charge in [-0.2, -0.15) is 0 Å². The fourth-order valence-electron chi connectivity index (χ4n) is 2.74. The Morgan fingerprint density at radius 1 is 1.14 bits per heavy atom. The van der Waals surface area contributed by atoms with Crippen LogP contribution in [0.2, 0.25) is 0 Å². The minimum absolute atomic E-state index is 0.129. The lowest BCUT2D eigenvalue weighted by Gasteiger charge is -2.29. The molecular weight excluding hydrogens is 384 g/mol. The van der Waals surface area contributed by atoms with Gasteiger partial charge in [-0.05, 0) is 49.2 Å². The van der Waals surface area contributed by atoms with E-state index in [1.54, 1.807) is 12.1 Å². The average molecular weight is 405 g/mol. The Bertz CT molecular complexity index is 888. The van der Waals surface area contributed by atoms with Gasteiger partial charge in [-0.25, -0.2) is 13.6 Å². The molecule has 0 aliphatic rings. The molecule has 154 valence electrons. The van der Waals surface area contributed by atoms with Crippen LogP contribution >= 0.6 is 0 Å². The Labute approximate surface area is 166 Å². The van der Waals surface area contributed by atoms with Crippen molar-refractivity contribution in [2.24, 2.45) is 0 Å². The smallest absolute Gasteiger partial charge is 0.336 e. The first-order valence-electron chi connectivity index (χ1n) is 8.71. The molecular formula is C20H21F2N3O4. The molecule has 0 saturated heterocycles. The second kappa shape index (κ2) is 9.22. The molecule has 9 heteroatoms. The van der Waals surface area contributed by atoms with Crippen LogP contribution in [0.25, 0.3) is 0 Å². The van der Waals surface area contributed by atoms with Crippen molar-refractivity contribution in [1.82, 2.24) is 15.6 Å². The standard InChI is InChI=1S/C20H21F2N3O4/c1-12(24-17(26)10-13-8-15(21)11-16(22)9-13)18(27)25-20(2,19(28)29-3)14-4-6-23-7-5-14/h4-9,11-12H,10H2,1-3H3,(H,24,26)(H,25,27)/t12-,20-/m0/s1. The molecule has 1 aromatic heterocycles. The number of benzene rings is 1. The Balaban J connectivity index is 2.07. The molecule has 2 atom stereocenters. The number of aromatic nitrogens is 1. The van der Waals surface area contributed by atoms with Gasteiger partial charge in [0.05, 0.1) is 13.5 Å². The molecule has 29 heavy (non-hydrogen) atoms. The molecule has 2 amide bonds. The summed E-state index contributed by atoms with van der Waals surface area (Å²) in [6.45, 7) is 2.89. The maximum atomic E-state index is 13.2. The summed E-state index contributed by atoms with van der Waals surface area (Å²) in [4.78, 5) is 40.9. The highest BCUT2D eigenvalue weighted by Gasteiger charge is 2.39. The third kappa shape index (κ3) is 5.56. The number of amides is 2. The van der Waals surface area contributed by atoms with E-state index in [2.05, 4.69) is 15.6 Å². The van der Waals surface area contributed by atoms with E-state index >= 15 is 0 Å². The van der Waals surface area contributed by atoms with Crippen LogP contribution in [0.4, 0.5) is 8.78 Å². The van der Waals surface area contributed by atoms with Gasteiger partial charge in [-0.3, -0.25) is 14.6 Å². The molecule has 0 spiro atoms. The first-order chi connectivity index (χ1) is 13.7. The van der Waals surface area contributed by atoms with Crippen molar-refractivity contribution in [2.45, 2.75) is 31.8 Å². The Hall–Kier alpha value is -3.36. The largest absolute Gasteiger partial charge is 0.467 e. The van der Waals surface area contributed by atoms with Crippen LogP contribution in [0.3, 0.4) is 0 Å². The number of carbonyl (C=O) groups is 3. The summed E-state index contributed by atoms with van der Waals surface area (Å²) in [5.41, 5.74) is -0.926. The van der Waals surface area contributed by atoms with Crippen LogP contribution in [0, 0.1) is 11.6 Å². The highest BCUT2D eigenvalue weighted by atomic mass is 19.1. The third-order valence-corrected chi connectivity index (χ3v) is 4.28. The van der Waals surface area contributed by atoms with Crippen molar-refractivity contribution in [3.8, 4) is 0 Å². The molecule has 0 unspecified atom stereocenters. The summed E-state index contributed by atoms with van der Waals surface area (Å²) in [5, 5.41) is 5.01. The van der Waals surface area contributed by atoms with Crippen molar-refractivity contribution in [1.29, 1.82) is 0 Å². The van der Waals surface area contributed by atoms with Gasteiger partial charge in [-0.1, -0.05) is 0 Å². The molecule has 0 fully saturated rings. The van der Waals surface area contributed by atoms with Gasteiger partial charge in [0.1, 0.15) is 17.7 Å². The molecule has 0 aliphatic carbocycles. The number of hydrogen-bond donors (Lipinski definition) is 2. The van der Waals surface area contributed by atoms with E-state index in [-0.39, 0.29) is 12.0 Å². The number of esters is 1. The minimum atomic E-state index is -1.50. The molecule has 2 N–H and O–H groups in total. The summed E-state index contributed by atoms with van der Waals surface area (Å²) < 4.78 is 31.3. The monoisotopic (exact) mass is 405 g/mol. The summed E-state index contributed by atoms with van der Waals surface area (Å²) in [7, 11) is 1.19. The summed E-state index contributed by atoms with van der Waals surface area (Å²) in [6, 6.07) is 4.85. The Kier molecular flexibility index (Phi) is 6.98. The summed E-state index contributed by atoms with van der Waals surface area (Å²) in [6.07, 6.45) is 2.61. The lowest BCUT2D eigenvalue weighted by atomic mass is 9.92. The van der Waals surface area contributed by atoms with Crippen LogP contribution in [0.15, 0.2) is 42.7 Å². The predicted molar refractivity (Wildman–Crippen MR) is 99.4 cm³/mol. The second-order valence-corrected chi connectivity index (χ2v) is 6.59. The fourth-order valence-corrected chi connectivity index (χ4v) is 2.74. The van der Waals surface area contributed by atoms with E-state index < -0.39 is 41.0 Å². The highest BCUT2D eigenvalue weighted by Crippen LogP contribution is 2.22. The maximum absolute atomic E-state index is 13.2. The van der Waals surface area contributed by atoms with Crippen molar-refractivity contribution in [2.75, 3.05) is 7.11 Å². The quantitative estimate of drug-likeness (QED) is 0.683. The van der Waals surface area contributed by atoms with Gasteiger partial charge < -0.3 is 15.4 Å². The van der Waals surface area contributed by atoms with Crippen LogP contribution in [0.1, 0.15) is 25.0 Å². The van der Waals surface area contributed by atoms with Crippen molar-refractivity contribution < 1.29 is 27.9 Å². The van der Waals surface area contributed by atoms with Gasteiger partial charge in [0.2, 0.25) is 11.8 Å². The first-order valence-corrected chi connectivity index (χ1v) is 8.71. The van der Waals surface area contributed by atoms with Crippen LogP contribution in [0.5, 0.6) is 0 Å². The number of methoxy groups -OCH3 is 1. The van der Waals surface area contributed by atoms with E-state index in [4.69, 9.17) is 4.74 Å². The number of rotatable bonds is 7. The molecule has 0 saturated carbocycles. The second-order valence-electron chi connectivity index (χ2n) is 6.59.